The number of tetrazole rings is 1. The lowest BCUT2D eigenvalue weighted by Gasteiger charge is -2.21. The Labute approximate surface area is 117 Å². The zero-order valence-corrected chi connectivity index (χ0v) is 11.1. The van der Waals surface area contributed by atoms with Gasteiger partial charge >= 0.3 is 12.1 Å². The van der Waals surface area contributed by atoms with Crippen LogP contribution in [0.15, 0.2) is 24.3 Å². The Morgan fingerprint density at radius 3 is 2.43 bits per heavy atom. The Morgan fingerprint density at radius 1 is 1.24 bits per heavy atom. The molecule has 0 unspecified atom stereocenters. The Morgan fingerprint density at radius 2 is 1.86 bits per heavy atom. The summed E-state index contributed by atoms with van der Waals surface area (Å²) < 4.78 is 40.0. The highest BCUT2D eigenvalue weighted by Crippen LogP contribution is 2.36. The lowest BCUT2D eigenvalue weighted by molar-refractivity contribution is -0.146. The number of alkyl halides is 3. The lowest BCUT2D eigenvalue weighted by Crippen LogP contribution is -2.37. The van der Waals surface area contributed by atoms with Crippen molar-refractivity contribution in [2.75, 3.05) is 0 Å². The van der Waals surface area contributed by atoms with Gasteiger partial charge < -0.3 is 5.11 Å². The van der Waals surface area contributed by atoms with E-state index in [2.05, 4.69) is 15.5 Å². The minimum atomic E-state index is -4.60. The van der Waals surface area contributed by atoms with E-state index in [-0.39, 0.29) is 11.4 Å². The highest BCUT2D eigenvalue weighted by Gasteiger charge is 2.38. The van der Waals surface area contributed by atoms with Gasteiger partial charge in [-0.3, -0.25) is 0 Å². The molecule has 0 aliphatic rings. The van der Waals surface area contributed by atoms with Crippen LogP contribution in [0.25, 0.3) is 11.4 Å². The standard InChI is InChI=1S/C12H11F3N4O2/c1-11(2,10(20)21)19-9(16-17-18-19)7-5-3-4-6-8(7)12(13,14)15/h3-6H,1-2H3,(H,20,21). The summed E-state index contributed by atoms with van der Waals surface area (Å²) in [6.45, 7) is 2.59. The number of carbonyl (C=O) groups is 1. The van der Waals surface area contributed by atoms with Crippen molar-refractivity contribution >= 4 is 5.97 Å². The van der Waals surface area contributed by atoms with Gasteiger partial charge in [0.25, 0.3) is 0 Å². The van der Waals surface area contributed by atoms with Crippen molar-refractivity contribution in [1.29, 1.82) is 0 Å². The fraction of sp³-hybridized carbons (Fsp3) is 0.333. The fourth-order valence-electron chi connectivity index (χ4n) is 1.75. The molecule has 1 aromatic heterocycles. The molecule has 0 aliphatic heterocycles. The van der Waals surface area contributed by atoms with E-state index in [0.717, 1.165) is 10.7 Å². The van der Waals surface area contributed by atoms with Gasteiger partial charge in [0.15, 0.2) is 11.4 Å². The largest absolute Gasteiger partial charge is 0.479 e. The molecule has 0 radical (unpaired) electrons. The molecule has 112 valence electrons. The van der Waals surface area contributed by atoms with Gasteiger partial charge in [-0.05, 0) is 30.3 Å². The van der Waals surface area contributed by atoms with Crippen molar-refractivity contribution in [3.8, 4) is 11.4 Å². The summed E-state index contributed by atoms with van der Waals surface area (Å²) in [5.74, 6) is -1.52. The van der Waals surface area contributed by atoms with Crippen LogP contribution >= 0.6 is 0 Å². The zero-order valence-electron chi connectivity index (χ0n) is 11.1. The van der Waals surface area contributed by atoms with E-state index in [4.69, 9.17) is 0 Å². The Kier molecular flexibility index (Phi) is 3.44. The number of benzene rings is 1. The Bertz CT molecular complexity index is 679. The van der Waals surface area contributed by atoms with Gasteiger partial charge in [-0.1, -0.05) is 18.2 Å². The monoisotopic (exact) mass is 300 g/mol. The number of aromatic nitrogens is 4. The first-order valence-electron chi connectivity index (χ1n) is 5.84. The molecule has 0 fully saturated rings. The second-order valence-corrected chi connectivity index (χ2v) is 4.82. The third-order valence-corrected chi connectivity index (χ3v) is 3.00. The summed E-state index contributed by atoms with van der Waals surface area (Å²) in [6, 6.07) is 4.73. The van der Waals surface area contributed by atoms with E-state index in [1.54, 1.807) is 0 Å². The van der Waals surface area contributed by atoms with Crippen LogP contribution in [0.2, 0.25) is 0 Å². The second kappa shape index (κ2) is 4.83. The topological polar surface area (TPSA) is 80.9 Å². The molecule has 21 heavy (non-hydrogen) atoms. The molecule has 6 nitrogen and oxygen atoms in total. The van der Waals surface area contributed by atoms with Crippen molar-refractivity contribution in [2.45, 2.75) is 25.6 Å². The van der Waals surface area contributed by atoms with Crippen LogP contribution in [-0.2, 0) is 16.5 Å². The van der Waals surface area contributed by atoms with E-state index < -0.39 is 23.2 Å². The normalized spacial score (nSPS) is 12.4. The summed E-state index contributed by atoms with van der Waals surface area (Å²) in [5, 5.41) is 19.5. The third kappa shape index (κ3) is 2.58. The first-order valence-corrected chi connectivity index (χ1v) is 5.84. The minimum Gasteiger partial charge on any atom is -0.479 e. The molecule has 0 amide bonds. The average molecular weight is 300 g/mol. The first kappa shape index (κ1) is 14.9. The maximum Gasteiger partial charge on any atom is 0.417 e. The summed E-state index contributed by atoms with van der Waals surface area (Å²) >= 11 is 0. The number of carboxylic acid groups (broad SMARTS) is 1. The van der Waals surface area contributed by atoms with Gasteiger partial charge in [0.1, 0.15) is 0 Å². The van der Waals surface area contributed by atoms with Crippen molar-refractivity contribution < 1.29 is 23.1 Å². The number of hydrogen-bond acceptors (Lipinski definition) is 4. The second-order valence-electron chi connectivity index (χ2n) is 4.82. The number of carboxylic acids is 1. The van der Waals surface area contributed by atoms with E-state index >= 15 is 0 Å². The van der Waals surface area contributed by atoms with Crippen LogP contribution < -0.4 is 0 Å². The molecular formula is C12H11F3N4O2. The van der Waals surface area contributed by atoms with Gasteiger partial charge in [-0.2, -0.15) is 13.2 Å². The molecule has 1 N–H and O–H groups in total. The first-order chi connectivity index (χ1) is 9.65. The van der Waals surface area contributed by atoms with Crippen molar-refractivity contribution in [3.05, 3.63) is 29.8 Å². The fourth-order valence-corrected chi connectivity index (χ4v) is 1.75. The van der Waals surface area contributed by atoms with Gasteiger partial charge in [0, 0.05) is 5.56 Å². The van der Waals surface area contributed by atoms with Crippen LogP contribution in [0.4, 0.5) is 13.2 Å². The molecule has 0 atom stereocenters. The van der Waals surface area contributed by atoms with Crippen LogP contribution in [-0.4, -0.2) is 31.3 Å². The summed E-state index contributed by atoms with van der Waals surface area (Å²) in [7, 11) is 0. The lowest BCUT2D eigenvalue weighted by atomic mass is 10.0. The van der Waals surface area contributed by atoms with Gasteiger partial charge in [-0.15, -0.1) is 5.10 Å². The van der Waals surface area contributed by atoms with Gasteiger partial charge in [0.05, 0.1) is 5.56 Å². The SMILES string of the molecule is CC(C)(C(=O)O)n1nnnc1-c1ccccc1C(F)(F)F. The molecule has 2 rings (SSSR count). The maximum atomic E-state index is 13.0. The number of rotatable bonds is 3. The third-order valence-electron chi connectivity index (χ3n) is 3.00. The van der Waals surface area contributed by atoms with E-state index in [1.807, 2.05) is 0 Å². The molecule has 9 heteroatoms. The summed E-state index contributed by atoms with van der Waals surface area (Å²) in [5.41, 5.74) is -2.79. The number of nitrogens with zero attached hydrogens (tertiary/aromatic N) is 4. The minimum absolute atomic E-state index is 0.254. The Balaban J connectivity index is 2.67. The van der Waals surface area contributed by atoms with E-state index in [0.29, 0.717) is 0 Å². The Hall–Kier alpha value is -2.45. The van der Waals surface area contributed by atoms with Crippen LogP contribution in [0.1, 0.15) is 19.4 Å². The van der Waals surface area contributed by atoms with Crippen LogP contribution in [0, 0.1) is 0 Å². The average Bonchev–Trinajstić information content (AvgIpc) is 2.87. The molecule has 1 heterocycles. The molecule has 0 saturated heterocycles. The van der Waals surface area contributed by atoms with E-state index in [1.165, 1.54) is 32.0 Å². The quantitative estimate of drug-likeness (QED) is 0.939. The van der Waals surface area contributed by atoms with Crippen LogP contribution in [0.3, 0.4) is 0 Å². The zero-order chi connectivity index (χ0) is 15.8. The van der Waals surface area contributed by atoms with Gasteiger partial charge in [0.2, 0.25) is 0 Å². The predicted molar refractivity (Wildman–Crippen MR) is 65.2 cm³/mol. The maximum absolute atomic E-state index is 13.0. The van der Waals surface area contributed by atoms with Crippen LogP contribution in [0.5, 0.6) is 0 Å². The molecular weight excluding hydrogens is 289 g/mol. The molecule has 0 bridgehead atoms. The van der Waals surface area contributed by atoms with Gasteiger partial charge in [-0.25, -0.2) is 9.48 Å². The summed E-state index contributed by atoms with van der Waals surface area (Å²) in [6.07, 6.45) is -4.60. The molecule has 0 saturated carbocycles. The number of aliphatic carboxylic acids is 1. The van der Waals surface area contributed by atoms with Crippen molar-refractivity contribution in [3.63, 3.8) is 0 Å². The summed E-state index contributed by atoms with van der Waals surface area (Å²) in [4.78, 5) is 11.2. The molecule has 2 aromatic rings. The van der Waals surface area contributed by atoms with E-state index in [9.17, 15) is 23.1 Å². The number of halogens is 3. The molecule has 1 aromatic carbocycles. The molecule has 0 spiro atoms. The predicted octanol–water partition coefficient (Wildman–Crippen LogP) is 2.18. The highest BCUT2D eigenvalue weighted by atomic mass is 19.4. The van der Waals surface area contributed by atoms with Crippen molar-refractivity contribution in [2.24, 2.45) is 0 Å². The highest BCUT2D eigenvalue weighted by molar-refractivity contribution is 5.76. The molecule has 0 aliphatic carbocycles. The van der Waals surface area contributed by atoms with Crippen molar-refractivity contribution in [1.82, 2.24) is 20.2 Å². The number of hydrogen-bond donors (Lipinski definition) is 1. The smallest absolute Gasteiger partial charge is 0.417 e.